The number of fused-ring (bicyclic) bond motifs is 1. The summed E-state index contributed by atoms with van der Waals surface area (Å²) in [5.74, 6) is 0.480. The van der Waals surface area contributed by atoms with Gasteiger partial charge in [-0.1, -0.05) is 0 Å². The molecular formula is C12H12F3NO2. The smallest absolute Gasteiger partial charge is 0.431 e. The lowest BCUT2D eigenvalue weighted by atomic mass is 10.1. The Morgan fingerprint density at radius 1 is 1.33 bits per heavy atom. The summed E-state index contributed by atoms with van der Waals surface area (Å²) < 4.78 is 43.5. The summed E-state index contributed by atoms with van der Waals surface area (Å²) in [5, 5.41) is 9.34. The molecule has 0 fully saturated rings. The van der Waals surface area contributed by atoms with E-state index >= 15 is 0 Å². The lowest BCUT2D eigenvalue weighted by molar-refractivity contribution is -0.141. The quantitative estimate of drug-likeness (QED) is 0.890. The Labute approximate surface area is 101 Å². The summed E-state index contributed by atoms with van der Waals surface area (Å²) in [4.78, 5) is 2.35. The van der Waals surface area contributed by atoms with Crippen LogP contribution in [-0.2, 0) is 12.6 Å². The molecule has 0 unspecified atom stereocenters. The third kappa shape index (κ3) is 2.15. The van der Waals surface area contributed by atoms with Crippen molar-refractivity contribution in [2.45, 2.75) is 12.6 Å². The van der Waals surface area contributed by atoms with Crippen LogP contribution in [0.5, 0.6) is 5.75 Å². The summed E-state index contributed by atoms with van der Waals surface area (Å²) in [6, 6.07) is 4.66. The molecule has 1 aromatic heterocycles. The predicted molar refractivity (Wildman–Crippen MR) is 60.6 cm³/mol. The maximum Gasteiger partial charge on any atom is 0.431 e. The zero-order valence-electron chi connectivity index (χ0n) is 9.64. The molecule has 2 N–H and O–H groups in total. The largest absolute Gasteiger partial charge is 0.497 e. The number of benzene rings is 1. The minimum atomic E-state index is -4.46. The molecule has 0 amide bonds. The Hall–Kier alpha value is -1.69. The van der Waals surface area contributed by atoms with E-state index in [0.717, 1.165) is 0 Å². The van der Waals surface area contributed by atoms with E-state index < -0.39 is 11.9 Å². The van der Waals surface area contributed by atoms with E-state index in [1.165, 1.54) is 13.2 Å². The molecule has 0 radical (unpaired) electrons. The first-order chi connectivity index (χ1) is 8.47. The SMILES string of the molecule is COc1ccc2c(CCO)c(C(F)(F)F)[nH]c2c1. The molecule has 6 heteroatoms. The van der Waals surface area contributed by atoms with E-state index in [1.807, 2.05) is 0 Å². The van der Waals surface area contributed by atoms with Gasteiger partial charge in [0, 0.05) is 23.6 Å². The maximum atomic E-state index is 12.8. The number of methoxy groups -OCH3 is 1. The van der Waals surface area contributed by atoms with Gasteiger partial charge < -0.3 is 14.8 Å². The average molecular weight is 259 g/mol. The molecule has 0 aliphatic heterocycles. The van der Waals surface area contributed by atoms with E-state index in [0.29, 0.717) is 16.7 Å². The third-order valence-electron chi connectivity index (χ3n) is 2.76. The summed E-state index contributed by atoms with van der Waals surface area (Å²) in [5.41, 5.74) is -0.368. The Balaban J connectivity index is 2.66. The van der Waals surface area contributed by atoms with Gasteiger partial charge in [-0.2, -0.15) is 13.2 Å². The molecule has 2 aromatic rings. The van der Waals surface area contributed by atoms with E-state index in [1.54, 1.807) is 12.1 Å². The van der Waals surface area contributed by atoms with Crippen LogP contribution in [0.1, 0.15) is 11.3 Å². The van der Waals surface area contributed by atoms with Crippen molar-refractivity contribution < 1.29 is 23.0 Å². The summed E-state index contributed by atoms with van der Waals surface area (Å²) in [7, 11) is 1.45. The first-order valence-electron chi connectivity index (χ1n) is 5.34. The Bertz CT molecular complexity index is 560. The van der Waals surface area contributed by atoms with Gasteiger partial charge in [-0.15, -0.1) is 0 Å². The van der Waals surface area contributed by atoms with Gasteiger partial charge in [0.25, 0.3) is 0 Å². The maximum absolute atomic E-state index is 12.8. The van der Waals surface area contributed by atoms with E-state index in [-0.39, 0.29) is 18.6 Å². The van der Waals surface area contributed by atoms with E-state index in [9.17, 15) is 13.2 Å². The van der Waals surface area contributed by atoms with Crippen LogP contribution in [0.15, 0.2) is 18.2 Å². The molecule has 2 rings (SSSR count). The molecule has 98 valence electrons. The highest BCUT2D eigenvalue weighted by molar-refractivity contribution is 5.86. The van der Waals surface area contributed by atoms with Crippen molar-refractivity contribution in [3.8, 4) is 5.75 Å². The van der Waals surface area contributed by atoms with Crippen molar-refractivity contribution in [1.29, 1.82) is 0 Å². The van der Waals surface area contributed by atoms with Crippen molar-refractivity contribution in [2.75, 3.05) is 13.7 Å². The molecule has 1 heterocycles. The minimum absolute atomic E-state index is 0.0405. The number of aromatic amines is 1. The first-order valence-corrected chi connectivity index (χ1v) is 5.34. The highest BCUT2D eigenvalue weighted by Gasteiger charge is 2.36. The number of hydrogen-bond donors (Lipinski definition) is 2. The van der Waals surface area contributed by atoms with Gasteiger partial charge in [0.1, 0.15) is 11.4 Å². The van der Waals surface area contributed by atoms with Crippen LogP contribution in [-0.4, -0.2) is 23.8 Å². The molecule has 0 aliphatic rings. The number of ether oxygens (including phenoxy) is 1. The molecule has 0 aliphatic carbocycles. The number of aliphatic hydroxyl groups is 1. The number of alkyl halides is 3. The number of rotatable bonds is 3. The van der Waals surface area contributed by atoms with Crippen molar-refractivity contribution in [2.24, 2.45) is 0 Å². The van der Waals surface area contributed by atoms with Crippen LogP contribution < -0.4 is 4.74 Å². The van der Waals surface area contributed by atoms with Crippen LogP contribution in [0.25, 0.3) is 10.9 Å². The second kappa shape index (κ2) is 4.53. The molecule has 0 bridgehead atoms. The third-order valence-corrected chi connectivity index (χ3v) is 2.76. The van der Waals surface area contributed by atoms with Crippen molar-refractivity contribution in [3.63, 3.8) is 0 Å². The molecule has 0 atom stereocenters. The summed E-state index contributed by atoms with van der Waals surface area (Å²) in [6.45, 7) is -0.331. The minimum Gasteiger partial charge on any atom is -0.497 e. The van der Waals surface area contributed by atoms with Gasteiger partial charge in [0.2, 0.25) is 0 Å². The predicted octanol–water partition coefficient (Wildman–Crippen LogP) is 2.73. The van der Waals surface area contributed by atoms with Crippen LogP contribution in [0.3, 0.4) is 0 Å². The first kappa shape index (κ1) is 12.8. The van der Waals surface area contributed by atoms with Gasteiger partial charge in [-0.25, -0.2) is 0 Å². The fourth-order valence-electron chi connectivity index (χ4n) is 1.98. The monoisotopic (exact) mass is 259 g/mol. The van der Waals surface area contributed by atoms with Gasteiger partial charge in [-0.05, 0) is 24.1 Å². The van der Waals surface area contributed by atoms with Gasteiger partial charge in [-0.3, -0.25) is 0 Å². The number of aliphatic hydroxyl groups excluding tert-OH is 1. The number of hydrogen-bond acceptors (Lipinski definition) is 2. The standard InChI is InChI=1S/C12H12F3NO2/c1-18-7-2-3-8-9(4-5-17)11(12(13,14)15)16-10(8)6-7/h2-3,6,16-17H,4-5H2,1H3. The second-order valence-corrected chi connectivity index (χ2v) is 3.86. The van der Waals surface area contributed by atoms with Gasteiger partial charge in [0.05, 0.1) is 7.11 Å². The van der Waals surface area contributed by atoms with Crippen molar-refractivity contribution in [1.82, 2.24) is 4.98 Å². The second-order valence-electron chi connectivity index (χ2n) is 3.86. The van der Waals surface area contributed by atoms with Crippen LogP contribution in [0, 0.1) is 0 Å². The molecule has 1 aromatic carbocycles. The Morgan fingerprint density at radius 3 is 2.61 bits per heavy atom. The number of halogens is 3. The molecular weight excluding hydrogens is 247 g/mol. The van der Waals surface area contributed by atoms with E-state index in [2.05, 4.69) is 4.98 Å². The van der Waals surface area contributed by atoms with Crippen LogP contribution in [0.2, 0.25) is 0 Å². The Kier molecular flexibility index (Phi) is 3.21. The summed E-state index contributed by atoms with van der Waals surface area (Å²) >= 11 is 0. The highest BCUT2D eigenvalue weighted by atomic mass is 19.4. The zero-order chi connectivity index (χ0) is 13.3. The van der Waals surface area contributed by atoms with Crippen LogP contribution >= 0.6 is 0 Å². The van der Waals surface area contributed by atoms with Gasteiger partial charge in [0.15, 0.2) is 0 Å². The highest BCUT2D eigenvalue weighted by Crippen LogP contribution is 2.36. The number of H-pyrrole nitrogens is 1. The van der Waals surface area contributed by atoms with E-state index in [4.69, 9.17) is 9.84 Å². The van der Waals surface area contributed by atoms with Crippen molar-refractivity contribution in [3.05, 3.63) is 29.5 Å². The fourth-order valence-corrected chi connectivity index (χ4v) is 1.98. The topological polar surface area (TPSA) is 45.2 Å². The van der Waals surface area contributed by atoms with Crippen LogP contribution in [0.4, 0.5) is 13.2 Å². The molecule has 18 heavy (non-hydrogen) atoms. The number of aromatic nitrogens is 1. The lowest BCUT2D eigenvalue weighted by Gasteiger charge is -2.06. The molecule has 0 saturated carbocycles. The summed E-state index contributed by atoms with van der Waals surface area (Å²) in [6.07, 6.45) is -4.50. The molecule has 0 spiro atoms. The molecule has 0 saturated heterocycles. The molecule has 3 nitrogen and oxygen atoms in total. The Morgan fingerprint density at radius 2 is 2.06 bits per heavy atom. The van der Waals surface area contributed by atoms with Crippen molar-refractivity contribution >= 4 is 10.9 Å². The lowest BCUT2D eigenvalue weighted by Crippen LogP contribution is -2.09. The zero-order valence-corrected chi connectivity index (χ0v) is 9.64. The van der Waals surface area contributed by atoms with Gasteiger partial charge >= 0.3 is 6.18 Å². The average Bonchev–Trinajstić information content (AvgIpc) is 2.67. The fraction of sp³-hybridized carbons (Fsp3) is 0.333. The number of nitrogens with one attached hydrogen (secondary N) is 1. The normalized spacial score (nSPS) is 12.1.